The Labute approximate surface area is 135 Å². The molecule has 0 saturated heterocycles. The van der Waals surface area contributed by atoms with E-state index in [-0.39, 0.29) is 12.0 Å². The molecule has 0 fully saturated rings. The predicted octanol–water partition coefficient (Wildman–Crippen LogP) is 3.47. The first kappa shape index (κ1) is 16.5. The van der Waals surface area contributed by atoms with Crippen molar-refractivity contribution < 1.29 is 14.3 Å². The van der Waals surface area contributed by atoms with Gasteiger partial charge in [-0.05, 0) is 51.3 Å². The third kappa shape index (κ3) is 3.68. The minimum atomic E-state index is -0.494. The Kier molecular flexibility index (Phi) is 4.60. The first-order chi connectivity index (χ1) is 10.2. The van der Waals surface area contributed by atoms with Crippen molar-refractivity contribution in [3.63, 3.8) is 0 Å². The molecule has 0 spiro atoms. The number of hydrogen-bond acceptors (Lipinski definition) is 4. The van der Waals surface area contributed by atoms with Crippen LogP contribution in [0.5, 0.6) is 0 Å². The molecular formula is C16H22N2O3S. The van der Waals surface area contributed by atoms with Gasteiger partial charge in [0.25, 0.3) is 0 Å². The summed E-state index contributed by atoms with van der Waals surface area (Å²) in [7, 11) is 0. The van der Waals surface area contributed by atoms with Crippen LogP contribution in [0, 0.1) is 6.92 Å². The molecule has 0 bridgehead atoms. The number of carbonyl (C=O) groups is 2. The first-order valence-corrected chi connectivity index (χ1v) is 8.05. The van der Waals surface area contributed by atoms with Crippen molar-refractivity contribution in [1.29, 1.82) is 0 Å². The molecule has 2 heterocycles. The van der Waals surface area contributed by atoms with Gasteiger partial charge in [0, 0.05) is 11.4 Å². The van der Waals surface area contributed by atoms with Crippen LogP contribution in [0.3, 0.4) is 0 Å². The molecule has 0 aromatic carbocycles. The van der Waals surface area contributed by atoms with Gasteiger partial charge in [-0.25, -0.2) is 4.79 Å². The molecule has 1 N–H and O–H groups in total. The van der Waals surface area contributed by atoms with Crippen LogP contribution < -0.4 is 5.32 Å². The number of amides is 2. The maximum atomic E-state index is 12.2. The van der Waals surface area contributed by atoms with Crippen molar-refractivity contribution in [2.24, 2.45) is 0 Å². The largest absolute Gasteiger partial charge is 0.444 e. The Hall–Kier alpha value is -1.82. The topological polar surface area (TPSA) is 58.6 Å². The second-order valence-corrected chi connectivity index (χ2v) is 7.41. The van der Waals surface area contributed by atoms with Gasteiger partial charge in [-0.15, -0.1) is 11.3 Å². The van der Waals surface area contributed by atoms with Gasteiger partial charge in [-0.1, -0.05) is 6.58 Å². The smallest absolute Gasteiger partial charge is 0.410 e. The summed E-state index contributed by atoms with van der Waals surface area (Å²) in [5.74, 6) is -0.217. The summed E-state index contributed by atoms with van der Waals surface area (Å²) in [5.41, 5.74) is 1.81. The summed E-state index contributed by atoms with van der Waals surface area (Å²) >= 11 is 1.52. The maximum Gasteiger partial charge on any atom is 0.410 e. The lowest BCUT2D eigenvalue weighted by Gasteiger charge is -2.30. The van der Waals surface area contributed by atoms with Crippen molar-refractivity contribution in [2.75, 3.05) is 11.9 Å². The lowest BCUT2D eigenvalue weighted by atomic mass is 10.0. The highest BCUT2D eigenvalue weighted by Gasteiger charge is 2.28. The number of nitrogens with one attached hydrogen (secondary N) is 1. The summed E-state index contributed by atoms with van der Waals surface area (Å²) in [5, 5.41) is 3.66. The Morgan fingerprint density at radius 1 is 1.41 bits per heavy atom. The van der Waals surface area contributed by atoms with E-state index in [1.807, 2.05) is 27.7 Å². The number of hydrogen-bond donors (Lipinski definition) is 1. The number of thiophene rings is 1. The van der Waals surface area contributed by atoms with Crippen molar-refractivity contribution in [3.8, 4) is 0 Å². The highest BCUT2D eigenvalue weighted by molar-refractivity contribution is 7.16. The third-order valence-corrected chi connectivity index (χ3v) is 4.63. The lowest BCUT2D eigenvalue weighted by molar-refractivity contribution is -0.111. The summed E-state index contributed by atoms with van der Waals surface area (Å²) in [6.45, 7) is 12.2. The van der Waals surface area contributed by atoms with Crippen LogP contribution in [0.15, 0.2) is 12.7 Å². The Morgan fingerprint density at radius 3 is 2.68 bits per heavy atom. The zero-order chi connectivity index (χ0) is 16.5. The Balaban J connectivity index is 2.14. The molecule has 0 saturated carbocycles. The molecule has 2 rings (SSSR count). The summed E-state index contributed by atoms with van der Waals surface area (Å²) in [6.07, 6.45) is 1.74. The maximum absolute atomic E-state index is 12.2. The molecule has 0 aliphatic carbocycles. The standard InChI is InChI=1S/C16H22N2O3S/c1-6-13(19)17-14-10(2)11-7-8-18(9-12(11)22-14)15(20)21-16(3,4)5/h6H,1,7-9H2,2-5H3,(H,17,19). The molecule has 1 aromatic heterocycles. The highest BCUT2D eigenvalue weighted by Crippen LogP contribution is 2.36. The minimum Gasteiger partial charge on any atom is -0.444 e. The molecule has 1 aromatic rings. The third-order valence-electron chi connectivity index (χ3n) is 3.40. The normalized spacial score (nSPS) is 14.3. The van der Waals surface area contributed by atoms with Crippen LogP contribution in [-0.4, -0.2) is 29.0 Å². The zero-order valence-corrected chi connectivity index (χ0v) is 14.3. The van der Waals surface area contributed by atoms with Crippen molar-refractivity contribution >= 4 is 28.3 Å². The molecule has 0 radical (unpaired) electrons. The van der Waals surface area contributed by atoms with Crippen LogP contribution in [0.4, 0.5) is 9.80 Å². The Morgan fingerprint density at radius 2 is 2.09 bits per heavy atom. The van der Waals surface area contributed by atoms with E-state index in [1.165, 1.54) is 23.0 Å². The number of fused-ring (bicyclic) bond motifs is 1. The van der Waals surface area contributed by atoms with E-state index < -0.39 is 5.60 Å². The van der Waals surface area contributed by atoms with Gasteiger partial charge in [-0.3, -0.25) is 4.79 Å². The van der Waals surface area contributed by atoms with Gasteiger partial charge >= 0.3 is 6.09 Å². The summed E-state index contributed by atoms with van der Waals surface area (Å²) < 4.78 is 5.42. The van der Waals surface area contributed by atoms with E-state index in [1.54, 1.807) is 4.90 Å². The molecule has 6 heteroatoms. The van der Waals surface area contributed by atoms with Crippen molar-refractivity contribution in [1.82, 2.24) is 4.90 Å². The fourth-order valence-corrected chi connectivity index (χ4v) is 3.60. The van der Waals surface area contributed by atoms with Gasteiger partial charge in [-0.2, -0.15) is 0 Å². The molecule has 22 heavy (non-hydrogen) atoms. The van der Waals surface area contributed by atoms with E-state index in [0.29, 0.717) is 13.1 Å². The molecule has 0 unspecified atom stereocenters. The van der Waals surface area contributed by atoms with Crippen LogP contribution in [0.25, 0.3) is 0 Å². The molecular weight excluding hydrogens is 300 g/mol. The summed E-state index contributed by atoms with van der Waals surface area (Å²) in [6, 6.07) is 0. The van der Waals surface area contributed by atoms with E-state index >= 15 is 0 Å². The monoisotopic (exact) mass is 322 g/mol. The van der Waals surface area contributed by atoms with E-state index in [2.05, 4.69) is 11.9 Å². The molecule has 1 aliphatic heterocycles. The van der Waals surface area contributed by atoms with Gasteiger partial charge in [0.15, 0.2) is 0 Å². The van der Waals surface area contributed by atoms with Crippen molar-refractivity contribution in [2.45, 2.75) is 46.3 Å². The fraction of sp³-hybridized carbons (Fsp3) is 0.500. The van der Waals surface area contributed by atoms with Gasteiger partial charge < -0.3 is 15.0 Å². The molecule has 120 valence electrons. The van der Waals surface area contributed by atoms with Crippen molar-refractivity contribution in [3.05, 3.63) is 28.7 Å². The van der Waals surface area contributed by atoms with Crippen LogP contribution in [0.1, 0.15) is 36.8 Å². The number of carbonyl (C=O) groups excluding carboxylic acids is 2. The fourth-order valence-electron chi connectivity index (χ4n) is 2.33. The van der Waals surface area contributed by atoms with Crippen LogP contribution in [-0.2, 0) is 22.5 Å². The van der Waals surface area contributed by atoms with Gasteiger partial charge in [0.05, 0.1) is 11.5 Å². The highest BCUT2D eigenvalue weighted by atomic mass is 32.1. The van der Waals surface area contributed by atoms with Gasteiger partial charge in [0.2, 0.25) is 5.91 Å². The lowest BCUT2D eigenvalue weighted by Crippen LogP contribution is -2.39. The quantitative estimate of drug-likeness (QED) is 0.848. The number of anilines is 1. The minimum absolute atomic E-state index is 0.217. The second kappa shape index (κ2) is 6.12. The molecule has 0 atom stereocenters. The molecule has 1 aliphatic rings. The number of rotatable bonds is 2. The van der Waals surface area contributed by atoms with Crippen LogP contribution >= 0.6 is 11.3 Å². The first-order valence-electron chi connectivity index (χ1n) is 7.23. The molecule has 2 amide bonds. The van der Waals surface area contributed by atoms with Crippen LogP contribution in [0.2, 0.25) is 0 Å². The second-order valence-electron chi connectivity index (χ2n) is 6.30. The van der Waals surface area contributed by atoms with E-state index in [0.717, 1.165) is 21.9 Å². The number of ether oxygens (including phenoxy) is 1. The summed E-state index contributed by atoms with van der Waals surface area (Å²) in [4.78, 5) is 26.4. The molecule has 5 nitrogen and oxygen atoms in total. The average molecular weight is 322 g/mol. The Bertz CT molecular complexity index is 614. The zero-order valence-electron chi connectivity index (χ0n) is 13.5. The predicted molar refractivity (Wildman–Crippen MR) is 88.2 cm³/mol. The van der Waals surface area contributed by atoms with E-state index in [9.17, 15) is 9.59 Å². The van der Waals surface area contributed by atoms with Gasteiger partial charge in [0.1, 0.15) is 5.60 Å². The average Bonchev–Trinajstić information content (AvgIpc) is 2.73. The number of nitrogens with zero attached hydrogens (tertiary/aromatic N) is 1. The SMILES string of the molecule is C=CC(=O)Nc1sc2c(c1C)CCN(C(=O)OC(C)(C)C)C2. The van der Waals surface area contributed by atoms with E-state index in [4.69, 9.17) is 4.74 Å².